The lowest BCUT2D eigenvalue weighted by Gasteiger charge is -2.34. The van der Waals surface area contributed by atoms with E-state index in [1.54, 1.807) is 0 Å². The minimum Gasteiger partial charge on any atom is -0.352 e. The standard InChI is InChI=1S/C14H27N3O/c1-2-13(17-10-8-15-9-11-17)14(18)16-12-6-4-3-5-7-12/h12-13,15H,2-11H2,1H3,(H,16,18). The van der Waals surface area contributed by atoms with Crippen LogP contribution in [0.15, 0.2) is 0 Å². The lowest BCUT2D eigenvalue weighted by Crippen LogP contribution is -2.55. The molecular weight excluding hydrogens is 226 g/mol. The van der Waals surface area contributed by atoms with Crippen LogP contribution in [0.3, 0.4) is 0 Å². The molecule has 0 radical (unpaired) electrons. The highest BCUT2D eigenvalue weighted by atomic mass is 16.2. The zero-order chi connectivity index (χ0) is 12.8. The minimum absolute atomic E-state index is 0.0778. The third-order valence-electron chi connectivity index (χ3n) is 4.23. The van der Waals surface area contributed by atoms with Crippen molar-refractivity contribution in [2.24, 2.45) is 0 Å². The molecule has 0 aromatic heterocycles. The fraction of sp³-hybridized carbons (Fsp3) is 0.929. The highest BCUT2D eigenvalue weighted by Gasteiger charge is 2.27. The van der Waals surface area contributed by atoms with Crippen molar-refractivity contribution in [3.05, 3.63) is 0 Å². The number of piperazine rings is 1. The average Bonchev–Trinajstić information content (AvgIpc) is 2.42. The Bertz CT molecular complexity index is 258. The van der Waals surface area contributed by atoms with Crippen molar-refractivity contribution in [1.82, 2.24) is 15.5 Å². The van der Waals surface area contributed by atoms with Crippen LogP contribution in [0.2, 0.25) is 0 Å². The van der Waals surface area contributed by atoms with Gasteiger partial charge in [0.25, 0.3) is 0 Å². The summed E-state index contributed by atoms with van der Waals surface area (Å²) < 4.78 is 0. The molecule has 2 rings (SSSR count). The molecule has 1 saturated carbocycles. The first-order valence-electron chi connectivity index (χ1n) is 7.56. The molecule has 1 aliphatic heterocycles. The van der Waals surface area contributed by atoms with Crippen molar-refractivity contribution in [2.45, 2.75) is 57.5 Å². The van der Waals surface area contributed by atoms with E-state index >= 15 is 0 Å². The van der Waals surface area contributed by atoms with Crippen molar-refractivity contribution < 1.29 is 4.79 Å². The minimum atomic E-state index is 0.0778. The summed E-state index contributed by atoms with van der Waals surface area (Å²) in [4.78, 5) is 14.7. The number of amides is 1. The maximum atomic E-state index is 12.4. The van der Waals surface area contributed by atoms with Gasteiger partial charge in [0.15, 0.2) is 0 Å². The monoisotopic (exact) mass is 253 g/mol. The molecule has 104 valence electrons. The van der Waals surface area contributed by atoms with Crippen LogP contribution < -0.4 is 10.6 Å². The van der Waals surface area contributed by atoms with Crippen LogP contribution in [0, 0.1) is 0 Å². The predicted molar refractivity (Wildman–Crippen MR) is 73.5 cm³/mol. The molecule has 0 bridgehead atoms. The largest absolute Gasteiger partial charge is 0.352 e. The summed E-state index contributed by atoms with van der Waals surface area (Å²) in [6.07, 6.45) is 7.14. The molecule has 1 amide bonds. The van der Waals surface area contributed by atoms with Crippen molar-refractivity contribution in [3.8, 4) is 0 Å². The Morgan fingerprint density at radius 3 is 2.56 bits per heavy atom. The predicted octanol–water partition coefficient (Wildman–Crippen LogP) is 1.12. The fourth-order valence-electron chi connectivity index (χ4n) is 3.15. The Morgan fingerprint density at radius 1 is 1.28 bits per heavy atom. The number of nitrogens with zero attached hydrogens (tertiary/aromatic N) is 1. The second kappa shape index (κ2) is 7.10. The molecular formula is C14H27N3O. The van der Waals surface area contributed by atoms with Gasteiger partial charge in [0.1, 0.15) is 0 Å². The molecule has 1 saturated heterocycles. The Labute approximate surface area is 110 Å². The number of carbonyl (C=O) groups is 1. The summed E-state index contributed by atoms with van der Waals surface area (Å²) in [5.74, 6) is 0.256. The van der Waals surface area contributed by atoms with Gasteiger partial charge in [0.2, 0.25) is 5.91 Å². The Morgan fingerprint density at radius 2 is 1.94 bits per heavy atom. The van der Waals surface area contributed by atoms with Crippen LogP contribution in [-0.4, -0.2) is 49.1 Å². The van der Waals surface area contributed by atoms with Gasteiger partial charge in [-0.1, -0.05) is 26.2 Å². The average molecular weight is 253 g/mol. The molecule has 1 atom stereocenters. The zero-order valence-electron chi connectivity index (χ0n) is 11.6. The quantitative estimate of drug-likeness (QED) is 0.789. The van der Waals surface area contributed by atoms with Gasteiger partial charge in [-0.3, -0.25) is 9.69 Å². The molecule has 2 N–H and O–H groups in total. The molecule has 0 aromatic carbocycles. The van der Waals surface area contributed by atoms with E-state index in [2.05, 4.69) is 22.5 Å². The van der Waals surface area contributed by atoms with Gasteiger partial charge in [-0.25, -0.2) is 0 Å². The molecule has 4 heteroatoms. The first-order chi connectivity index (χ1) is 8.81. The molecule has 1 aliphatic carbocycles. The van der Waals surface area contributed by atoms with E-state index < -0.39 is 0 Å². The van der Waals surface area contributed by atoms with Crippen LogP contribution in [0.5, 0.6) is 0 Å². The second-order valence-corrected chi connectivity index (χ2v) is 5.55. The van der Waals surface area contributed by atoms with E-state index in [0.29, 0.717) is 6.04 Å². The molecule has 4 nitrogen and oxygen atoms in total. The molecule has 1 heterocycles. The van der Waals surface area contributed by atoms with Gasteiger partial charge >= 0.3 is 0 Å². The smallest absolute Gasteiger partial charge is 0.237 e. The van der Waals surface area contributed by atoms with Gasteiger partial charge in [0.05, 0.1) is 6.04 Å². The van der Waals surface area contributed by atoms with Crippen LogP contribution >= 0.6 is 0 Å². The Kier molecular flexibility index (Phi) is 5.45. The maximum Gasteiger partial charge on any atom is 0.237 e. The first kappa shape index (κ1) is 13.8. The SMILES string of the molecule is CCC(C(=O)NC1CCCCC1)N1CCNCC1. The van der Waals surface area contributed by atoms with E-state index in [9.17, 15) is 4.79 Å². The number of carbonyl (C=O) groups excluding carboxylic acids is 1. The van der Waals surface area contributed by atoms with Gasteiger partial charge in [-0.15, -0.1) is 0 Å². The molecule has 0 spiro atoms. The van der Waals surface area contributed by atoms with E-state index in [0.717, 1.165) is 32.6 Å². The van der Waals surface area contributed by atoms with Crippen molar-refractivity contribution in [2.75, 3.05) is 26.2 Å². The number of hydrogen-bond acceptors (Lipinski definition) is 3. The van der Waals surface area contributed by atoms with Gasteiger partial charge in [-0.05, 0) is 19.3 Å². The van der Waals surface area contributed by atoms with E-state index in [1.165, 1.54) is 32.1 Å². The highest BCUT2D eigenvalue weighted by molar-refractivity contribution is 5.82. The van der Waals surface area contributed by atoms with Crippen LogP contribution in [0.1, 0.15) is 45.4 Å². The number of hydrogen-bond donors (Lipinski definition) is 2. The first-order valence-corrected chi connectivity index (χ1v) is 7.56. The lowest BCUT2D eigenvalue weighted by atomic mass is 9.95. The normalized spacial score (nSPS) is 24.7. The van der Waals surface area contributed by atoms with Crippen molar-refractivity contribution >= 4 is 5.91 Å². The van der Waals surface area contributed by atoms with Gasteiger partial charge < -0.3 is 10.6 Å². The van der Waals surface area contributed by atoms with E-state index in [1.807, 2.05) is 0 Å². The molecule has 18 heavy (non-hydrogen) atoms. The Balaban J connectivity index is 1.83. The second-order valence-electron chi connectivity index (χ2n) is 5.55. The van der Waals surface area contributed by atoms with E-state index in [4.69, 9.17) is 0 Å². The van der Waals surface area contributed by atoms with Crippen LogP contribution in [0.4, 0.5) is 0 Å². The fourth-order valence-corrected chi connectivity index (χ4v) is 3.15. The third kappa shape index (κ3) is 3.69. The van der Waals surface area contributed by atoms with Crippen LogP contribution in [0.25, 0.3) is 0 Å². The van der Waals surface area contributed by atoms with Crippen molar-refractivity contribution in [3.63, 3.8) is 0 Å². The Hall–Kier alpha value is -0.610. The van der Waals surface area contributed by atoms with Crippen molar-refractivity contribution in [1.29, 1.82) is 0 Å². The molecule has 0 aromatic rings. The zero-order valence-corrected chi connectivity index (χ0v) is 11.6. The summed E-state index contributed by atoms with van der Waals surface area (Å²) >= 11 is 0. The molecule has 2 fully saturated rings. The summed E-state index contributed by atoms with van der Waals surface area (Å²) in [5.41, 5.74) is 0. The molecule has 1 unspecified atom stereocenters. The van der Waals surface area contributed by atoms with E-state index in [-0.39, 0.29) is 11.9 Å². The topological polar surface area (TPSA) is 44.4 Å². The van der Waals surface area contributed by atoms with Gasteiger partial charge in [-0.2, -0.15) is 0 Å². The third-order valence-corrected chi connectivity index (χ3v) is 4.23. The summed E-state index contributed by atoms with van der Waals surface area (Å²) in [5, 5.41) is 6.61. The summed E-state index contributed by atoms with van der Waals surface area (Å²) in [7, 11) is 0. The number of rotatable bonds is 4. The van der Waals surface area contributed by atoms with Crippen LogP contribution in [-0.2, 0) is 4.79 Å². The number of nitrogens with one attached hydrogen (secondary N) is 2. The highest BCUT2D eigenvalue weighted by Crippen LogP contribution is 2.18. The maximum absolute atomic E-state index is 12.4. The lowest BCUT2D eigenvalue weighted by molar-refractivity contribution is -0.127. The summed E-state index contributed by atoms with van der Waals surface area (Å²) in [6, 6.07) is 0.511. The summed E-state index contributed by atoms with van der Waals surface area (Å²) in [6.45, 7) is 6.13. The molecule has 2 aliphatic rings. The van der Waals surface area contributed by atoms with Gasteiger partial charge in [0, 0.05) is 32.2 Å².